The molecule has 0 saturated heterocycles. The van der Waals surface area contributed by atoms with Gasteiger partial charge in [0.2, 0.25) is 0 Å². The maximum atomic E-state index is 12.8. The van der Waals surface area contributed by atoms with Gasteiger partial charge in [-0.3, -0.25) is 0 Å². The number of aliphatic hydroxyl groups is 2. The maximum absolute atomic E-state index is 12.8. The average Bonchev–Trinajstić information content (AvgIpc) is 2.18. The molecule has 0 radical (unpaired) electrons. The van der Waals surface area contributed by atoms with Crippen LogP contribution in [0.4, 0.5) is 4.39 Å². The van der Waals surface area contributed by atoms with E-state index in [1.165, 1.54) is 18.2 Å². The summed E-state index contributed by atoms with van der Waals surface area (Å²) < 4.78 is 18.2. The molecule has 0 aliphatic rings. The van der Waals surface area contributed by atoms with E-state index in [0.29, 0.717) is 24.3 Å². The van der Waals surface area contributed by atoms with Crippen LogP contribution in [0, 0.1) is 5.82 Å². The minimum Gasteiger partial charge on any atom is -0.493 e. The highest BCUT2D eigenvalue weighted by Gasteiger charge is 2.13. The summed E-state index contributed by atoms with van der Waals surface area (Å²) in [5.41, 5.74) is -0.380. The molecule has 2 N–H and O–H groups in total. The second-order valence-corrected chi connectivity index (χ2v) is 4.32. The minimum atomic E-state index is -0.792. The predicted octanol–water partition coefficient (Wildman–Crippen LogP) is 1.86. The van der Waals surface area contributed by atoms with Crippen molar-refractivity contribution in [1.29, 1.82) is 0 Å². The Morgan fingerprint density at radius 2 is 2.06 bits per heavy atom. The molecule has 3 nitrogen and oxygen atoms in total. The fourth-order valence-corrected chi connectivity index (χ4v) is 1.22. The summed E-state index contributed by atoms with van der Waals surface area (Å²) in [7, 11) is 0. The molecule has 0 aliphatic heterocycles. The molecule has 0 amide bonds. The van der Waals surface area contributed by atoms with Crippen LogP contribution in [0.5, 0.6) is 5.75 Å². The first-order chi connectivity index (χ1) is 7.42. The molecule has 0 fully saturated rings. The van der Waals surface area contributed by atoms with Crippen molar-refractivity contribution < 1.29 is 19.3 Å². The highest BCUT2D eigenvalue weighted by Crippen LogP contribution is 2.20. The highest BCUT2D eigenvalue weighted by molar-refractivity contribution is 5.33. The third-order valence-corrected chi connectivity index (χ3v) is 2.16. The van der Waals surface area contributed by atoms with Gasteiger partial charge in [-0.25, -0.2) is 4.39 Å². The van der Waals surface area contributed by atoms with Gasteiger partial charge in [0, 0.05) is 12.0 Å². The van der Waals surface area contributed by atoms with Crippen LogP contribution >= 0.6 is 0 Å². The van der Waals surface area contributed by atoms with Crippen LogP contribution in [0.3, 0.4) is 0 Å². The third kappa shape index (κ3) is 4.16. The van der Waals surface area contributed by atoms with Crippen LogP contribution in [-0.2, 0) is 6.61 Å². The smallest absolute Gasteiger partial charge is 0.125 e. The molecule has 0 spiro atoms. The van der Waals surface area contributed by atoms with E-state index >= 15 is 0 Å². The zero-order valence-corrected chi connectivity index (χ0v) is 9.53. The van der Waals surface area contributed by atoms with Crippen LogP contribution in [0.15, 0.2) is 18.2 Å². The number of hydrogen-bond donors (Lipinski definition) is 2. The molecule has 90 valence electrons. The van der Waals surface area contributed by atoms with Crippen molar-refractivity contribution in [3.8, 4) is 5.75 Å². The van der Waals surface area contributed by atoms with Crippen molar-refractivity contribution in [3.05, 3.63) is 29.6 Å². The number of ether oxygens (including phenoxy) is 1. The molecule has 0 aliphatic carbocycles. The van der Waals surface area contributed by atoms with Crippen molar-refractivity contribution >= 4 is 0 Å². The lowest BCUT2D eigenvalue weighted by Gasteiger charge is -2.17. The predicted molar refractivity (Wildman–Crippen MR) is 58.7 cm³/mol. The molecule has 0 aromatic heterocycles. The average molecular weight is 228 g/mol. The molecule has 4 heteroatoms. The Hall–Kier alpha value is -1.13. The summed E-state index contributed by atoms with van der Waals surface area (Å²) in [4.78, 5) is 0. The Kier molecular flexibility index (Phi) is 4.26. The standard InChI is InChI=1S/C12H17FO3/c1-12(2,15)5-6-16-11-4-3-10(13)7-9(11)8-14/h3-4,7,14-15H,5-6,8H2,1-2H3. The van der Waals surface area contributed by atoms with E-state index in [1.807, 2.05) is 0 Å². The number of rotatable bonds is 5. The monoisotopic (exact) mass is 228 g/mol. The first kappa shape index (κ1) is 12.9. The van der Waals surface area contributed by atoms with Gasteiger partial charge in [0.1, 0.15) is 11.6 Å². The lowest BCUT2D eigenvalue weighted by atomic mass is 10.1. The van der Waals surface area contributed by atoms with Crippen molar-refractivity contribution in [2.45, 2.75) is 32.5 Å². The van der Waals surface area contributed by atoms with Gasteiger partial charge in [-0.1, -0.05) is 0 Å². The Labute approximate surface area is 94.5 Å². The molecule has 16 heavy (non-hydrogen) atoms. The molecular weight excluding hydrogens is 211 g/mol. The summed E-state index contributed by atoms with van der Waals surface area (Å²) in [5, 5.41) is 18.5. The Morgan fingerprint density at radius 3 is 2.62 bits per heavy atom. The molecule has 0 atom stereocenters. The number of halogens is 1. The highest BCUT2D eigenvalue weighted by atomic mass is 19.1. The number of hydrogen-bond acceptors (Lipinski definition) is 3. The number of aliphatic hydroxyl groups excluding tert-OH is 1. The molecular formula is C12H17FO3. The Balaban J connectivity index is 2.60. The first-order valence-corrected chi connectivity index (χ1v) is 5.17. The van der Waals surface area contributed by atoms with E-state index in [2.05, 4.69) is 0 Å². The van der Waals surface area contributed by atoms with E-state index in [1.54, 1.807) is 13.8 Å². The topological polar surface area (TPSA) is 49.7 Å². The van der Waals surface area contributed by atoms with Gasteiger partial charge in [0.25, 0.3) is 0 Å². The van der Waals surface area contributed by atoms with Gasteiger partial charge < -0.3 is 14.9 Å². The van der Waals surface area contributed by atoms with Gasteiger partial charge in [-0.05, 0) is 32.0 Å². The Morgan fingerprint density at radius 1 is 1.38 bits per heavy atom. The second kappa shape index (κ2) is 5.27. The van der Waals surface area contributed by atoms with Crippen LogP contribution in [0.2, 0.25) is 0 Å². The minimum absolute atomic E-state index is 0.268. The van der Waals surface area contributed by atoms with Gasteiger partial charge in [-0.2, -0.15) is 0 Å². The molecule has 0 unspecified atom stereocenters. The fourth-order valence-electron chi connectivity index (χ4n) is 1.22. The summed E-state index contributed by atoms with van der Waals surface area (Å²) in [6.07, 6.45) is 0.468. The molecule has 0 heterocycles. The van der Waals surface area contributed by atoms with E-state index in [4.69, 9.17) is 9.84 Å². The van der Waals surface area contributed by atoms with Crippen molar-refractivity contribution in [1.82, 2.24) is 0 Å². The molecule has 0 bridgehead atoms. The SMILES string of the molecule is CC(C)(O)CCOc1ccc(F)cc1CO. The zero-order chi connectivity index (χ0) is 12.2. The van der Waals surface area contributed by atoms with E-state index in [0.717, 1.165) is 0 Å². The van der Waals surface area contributed by atoms with Gasteiger partial charge in [0.05, 0.1) is 18.8 Å². The van der Waals surface area contributed by atoms with Crippen LogP contribution in [-0.4, -0.2) is 22.4 Å². The maximum Gasteiger partial charge on any atom is 0.125 e. The molecule has 0 saturated carbocycles. The van der Waals surface area contributed by atoms with Gasteiger partial charge in [-0.15, -0.1) is 0 Å². The zero-order valence-electron chi connectivity index (χ0n) is 9.53. The molecule has 1 aromatic carbocycles. The number of benzene rings is 1. The van der Waals surface area contributed by atoms with Crippen LogP contribution in [0.25, 0.3) is 0 Å². The van der Waals surface area contributed by atoms with E-state index < -0.39 is 11.4 Å². The van der Waals surface area contributed by atoms with Crippen molar-refractivity contribution in [2.75, 3.05) is 6.61 Å². The summed E-state index contributed by atoms with van der Waals surface area (Å²) in [6, 6.07) is 3.99. The summed E-state index contributed by atoms with van der Waals surface area (Å²) in [5.74, 6) is 0.0482. The summed E-state index contributed by atoms with van der Waals surface area (Å²) >= 11 is 0. The third-order valence-electron chi connectivity index (χ3n) is 2.16. The van der Waals surface area contributed by atoms with Crippen molar-refractivity contribution in [2.24, 2.45) is 0 Å². The largest absolute Gasteiger partial charge is 0.493 e. The first-order valence-electron chi connectivity index (χ1n) is 5.17. The van der Waals surface area contributed by atoms with E-state index in [9.17, 15) is 9.50 Å². The lowest BCUT2D eigenvalue weighted by molar-refractivity contribution is 0.0550. The lowest BCUT2D eigenvalue weighted by Crippen LogP contribution is -2.22. The fraction of sp³-hybridized carbons (Fsp3) is 0.500. The van der Waals surface area contributed by atoms with E-state index in [-0.39, 0.29) is 6.61 Å². The van der Waals surface area contributed by atoms with Crippen LogP contribution in [0.1, 0.15) is 25.8 Å². The second-order valence-electron chi connectivity index (χ2n) is 4.32. The quantitative estimate of drug-likeness (QED) is 0.808. The summed E-state index contributed by atoms with van der Waals surface area (Å²) in [6.45, 7) is 3.43. The van der Waals surface area contributed by atoms with Gasteiger partial charge in [0.15, 0.2) is 0 Å². The molecule has 1 aromatic rings. The Bertz CT molecular complexity index is 345. The normalized spacial score (nSPS) is 11.6. The van der Waals surface area contributed by atoms with Crippen LogP contribution < -0.4 is 4.74 Å². The van der Waals surface area contributed by atoms with Gasteiger partial charge >= 0.3 is 0 Å². The van der Waals surface area contributed by atoms with Crippen molar-refractivity contribution in [3.63, 3.8) is 0 Å². The molecule has 1 rings (SSSR count).